The number of rotatable bonds is 4. The van der Waals surface area contributed by atoms with Gasteiger partial charge in [0, 0.05) is 12.6 Å². The molecule has 0 radical (unpaired) electrons. The number of hydrogen-bond acceptors (Lipinski definition) is 4. The number of amides is 1. The first kappa shape index (κ1) is 10.4. The minimum atomic E-state index is -0.128. The summed E-state index contributed by atoms with van der Waals surface area (Å²) in [5.74, 6) is -0.178. The smallest absolute Gasteiger partial charge is 0.227 e. The summed E-state index contributed by atoms with van der Waals surface area (Å²) in [6.07, 6.45) is 0. The molecule has 0 aromatic carbocycles. The molecule has 1 saturated heterocycles. The molecule has 3 N–H and O–H groups in total. The fourth-order valence-corrected chi connectivity index (χ4v) is 1.41. The largest absolute Gasteiger partial charge is 0.395 e. The van der Waals surface area contributed by atoms with Crippen molar-refractivity contribution in [3.63, 3.8) is 0 Å². The molecular weight excluding hydrogens is 172 g/mol. The number of aliphatic hydroxyl groups is 1. The molecule has 0 bridgehead atoms. The second kappa shape index (κ2) is 5.16. The van der Waals surface area contributed by atoms with Crippen LogP contribution in [0.2, 0.25) is 0 Å². The second-order valence-electron chi connectivity index (χ2n) is 3.05. The van der Waals surface area contributed by atoms with Gasteiger partial charge in [-0.05, 0) is 7.05 Å². The number of likely N-dealkylation sites (N-methyl/N-ethyl adjacent to an activating group) is 1. The first-order chi connectivity index (χ1) is 6.29. The van der Waals surface area contributed by atoms with E-state index < -0.39 is 0 Å². The first-order valence-corrected chi connectivity index (χ1v) is 4.43. The maximum Gasteiger partial charge on any atom is 0.227 e. The number of ether oxygens (including phenoxy) is 1. The van der Waals surface area contributed by atoms with E-state index in [4.69, 9.17) is 9.84 Å². The van der Waals surface area contributed by atoms with E-state index in [-0.39, 0.29) is 24.5 Å². The van der Waals surface area contributed by atoms with Gasteiger partial charge in [-0.1, -0.05) is 0 Å². The Morgan fingerprint density at radius 1 is 1.62 bits per heavy atom. The average molecular weight is 188 g/mol. The lowest BCUT2D eigenvalue weighted by molar-refractivity contribution is -0.125. The Morgan fingerprint density at radius 3 is 3.00 bits per heavy atom. The summed E-state index contributed by atoms with van der Waals surface area (Å²) in [7, 11) is 1.81. The zero-order valence-electron chi connectivity index (χ0n) is 7.75. The van der Waals surface area contributed by atoms with Crippen molar-refractivity contribution in [2.75, 3.05) is 33.4 Å². The van der Waals surface area contributed by atoms with E-state index in [1.54, 1.807) is 0 Å². The molecule has 1 heterocycles. The Kier molecular flexibility index (Phi) is 4.14. The van der Waals surface area contributed by atoms with Gasteiger partial charge in [-0.15, -0.1) is 0 Å². The van der Waals surface area contributed by atoms with Crippen molar-refractivity contribution in [1.29, 1.82) is 0 Å². The standard InChI is InChI=1S/C8H16N2O3/c1-9-7-5-13-4-6(7)8(12)10-2-3-11/h6-7,9,11H,2-5H2,1H3,(H,10,12). The fraction of sp³-hybridized carbons (Fsp3) is 0.875. The molecule has 0 aromatic rings. The number of carbonyl (C=O) groups excluding carboxylic acids is 1. The molecule has 2 unspecified atom stereocenters. The van der Waals surface area contributed by atoms with Crippen LogP contribution in [0.3, 0.4) is 0 Å². The van der Waals surface area contributed by atoms with Gasteiger partial charge in [-0.3, -0.25) is 4.79 Å². The summed E-state index contributed by atoms with van der Waals surface area (Å²) in [4.78, 5) is 11.4. The van der Waals surface area contributed by atoms with E-state index in [2.05, 4.69) is 10.6 Å². The van der Waals surface area contributed by atoms with Crippen LogP contribution in [-0.2, 0) is 9.53 Å². The van der Waals surface area contributed by atoms with E-state index in [1.165, 1.54) is 0 Å². The predicted octanol–water partition coefficient (Wildman–Crippen LogP) is -1.67. The average Bonchev–Trinajstić information content (AvgIpc) is 2.61. The van der Waals surface area contributed by atoms with Crippen molar-refractivity contribution in [2.45, 2.75) is 6.04 Å². The van der Waals surface area contributed by atoms with Crippen LogP contribution in [0.5, 0.6) is 0 Å². The van der Waals surface area contributed by atoms with Crippen LogP contribution in [0.4, 0.5) is 0 Å². The number of hydrogen-bond donors (Lipinski definition) is 3. The van der Waals surface area contributed by atoms with Gasteiger partial charge in [0.05, 0.1) is 25.7 Å². The topological polar surface area (TPSA) is 70.6 Å². The Morgan fingerprint density at radius 2 is 2.38 bits per heavy atom. The quantitative estimate of drug-likeness (QED) is 0.493. The Labute approximate surface area is 77.5 Å². The van der Waals surface area contributed by atoms with E-state index in [0.29, 0.717) is 19.8 Å². The minimum Gasteiger partial charge on any atom is -0.395 e. The van der Waals surface area contributed by atoms with Crippen LogP contribution in [0.15, 0.2) is 0 Å². The maximum atomic E-state index is 11.4. The number of nitrogens with one attached hydrogen (secondary N) is 2. The van der Waals surface area contributed by atoms with Crippen molar-refractivity contribution in [3.8, 4) is 0 Å². The monoisotopic (exact) mass is 188 g/mol. The van der Waals surface area contributed by atoms with E-state index in [0.717, 1.165) is 0 Å². The molecule has 1 amide bonds. The highest BCUT2D eigenvalue weighted by molar-refractivity contribution is 5.79. The first-order valence-electron chi connectivity index (χ1n) is 4.43. The minimum absolute atomic E-state index is 0.0243. The fourth-order valence-electron chi connectivity index (χ4n) is 1.41. The van der Waals surface area contributed by atoms with Gasteiger partial charge >= 0.3 is 0 Å². The molecule has 5 nitrogen and oxygen atoms in total. The van der Waals surface area contributed by atoms with E-state index >= 15 is 0 Å². The highest BCUT2D eigenvalue weighted by atomic mass is 16.5. The summed E-state index contributed by atoms with van der Waals surface area (Å²) in [5.41, 5.74) is 0. The van der Waals surface area contributed by atoms with Crippen LogP contribution in [-0.4, -0.2) is 50.5 Å². The van der Waals surface area contributed by atoms with Crippen LogP contribution in [0.1, 0.15) is 0 Å². The molecular formula is C8H16N2O3. The molecule has 1 rings (SSSR count). The highest BCUT2D eigenvalue weighted by Crippen LogP contribution is 2.12. The third kappa shape index (κ3) is 2.65. The molecule has 2 atom stereocenters. The van der Waals surface area contributed by atoms with Crippen molar-refractivity contribution in [2.24, 2.45) is 5.92 Å². The van der Waals surface area contributed by atoms with Crippen LogP contribution in [0.25, 0.3) is 0 Å². The molecule has 76 valence electrons. The molecule has 0 spiro atoms. The zero-order valence-corrected chi connectivity index (χ0v) is 7.75. The maximum absolute atomic E-state index is 11.4. The molecule has 13 heavy (non-hydrogen) atoms. The molecule has 1 aliphatic rings. The van der Waals surface area contributed by atoms with Gasteiger partial charge in [-0.25, -0.2) is 0 Å². The molecule has 1 aliphatic heterocycles. The molecule has 1 fully saturated rings. The van der Waals surface area contributed by atoms with Gasteiger partial charge in [-0.2, -0.15) is 0 Å². The lowest BCUT2D eigenvalue weighted by atomic mass is 10.0. The van der Waals surface area contributed by atoms with Gasteiger partial charge in [0.15, 0.2) is 0 Å². The molecule has 0 aliphatic carbocycles. The second-order valence-corrected chi connectivity index (χ2v) is 3.05. The van der Waals surface area contributed by atoms with Gasteiger partial charge in [0.2, 0.25) is 5.91 Å². The Balaban J connectivity index is 2.36. The SMILES string of the molecule is CNC1COCC1C(=O)NCCO. The predicted molar refractivity (Wildman–Crippen MR) is 47.3 cm³/mol. The lowest BCUT2D eigenvalue weighted by Gasteiger charge is -2.15. The summed E-state index contributed by atoms with van der Waals surface area (Å²) in [6.45, 7) is 1.33. The number of carbonyl (C=O) groups is 1. The van der Waals surface area contributed by atoms with Gasteiger partial charge in [0.25, 0.3) is 0 Å². The molecule has 0 saturated carbocycles. The lowest BCUT2D eigenvalue weighted by Crippen LogP contribution is -2.43. The molecule has 5 heteroatoms. The van der Waals surface area contributed by atoms with Crippen LogP contribution < -0.4 is 10.6 Å². The van der Waals surface area contributed by atoms with Crippen LogP contribution in [0, 0.1) is 5.92 Å². The Bertz CT molecular complexity index is 175. The highest BCUT2D eigenvalue weighted by Gasteiger charge is 2.32. The van der Waals surface area contributed by atoms with Crippen molar-refractivity contribution >= 4 is 5.91 Å². The molecule has 0 aromatic heterocycles. The third-order valence-corrected chi connectivity index (χ3v) is 2.20. The van der Waals surface area contributed by atoms with Crippen molar-refractivity contribution in [3.05, 3.63) is 0 Å². The summed E-state index contributed by atoms with van der Waals surface area (Å²) >= 11 is 0. The van der Waals surface area contributed by atoms with Crippen LogP contribution >= 0.6 is 0 Å². The Hall–Kier alpha value is -0.650. The van der Waals surface area contributed by atoms with Gasteiger partial charge < -0.3 is 20.5 Å². The zero-order chi connectivity index (χ0) is 9.68. The van der Waals surface area contributed by atoms with Crippen molar-refractivity contribution < 1.29 is 14.6 Å². The van der Waals surface area contributed by atoms with Crippen molar-refractivity contribution in [1.82, 2.24) is 10.6 Å². The van der Waals surface area contributed by atoms with Gasteiger partial charge in [0.1, 0.15) is 0 Å². The third-order valence-electron chi connectivity index (χ3n) is 2.20. The summed E-state index contributed by atoms with van der Waals surface area (Å²) in [5, 5.41) is 14.2. The summed E-state index contributed by atoms with van der Waals surface area (Å²) < 4.78 is 5.18. The van der Waals surface area contributed by atoms with E-state index in [1.807, 2.05) is 7.05 Å². The number of aliphatic hydroxyl groups excluding tert-OH is 1. The summed E-state index contributed by atoms with van der Waals surface area (Å²) in [6, 6.07) is 0.0960. The van der Waals surface area contributed by atoms with E-state index in [9.17, 15) is 4.79 Å². The normalized spacial score (nSPS) is 27.5.